The van der Waals surface area contributed by atoms with E-state index in [-0.39, 0.29) is 5.78 Å². The first-order valence-corrected chi connectivity index (χ1v) is 11.2. The molecule has 0 unspecified atom stereocenters. The van der Waals surface area contributed by atoms with E-state index < -0.39 is 0 Å². The van der Waals surface area contributed by atoms with Crippen molar-refractivity contribution < 1.29 is 9.53 Å². The Kier molecular flexibility index (Phi) is 5.22. The Balaban J connectivity index is 1.50. The number of hydrogen-bond donors (Lipinski definition) is 0. The summed E-state index contributed by atoms with van der Waals surface area (Å²) in [6, 6.07) is 22.5. The monoisotopic (exact) mass is 424 g/mol. The highest BCUT2D eigenvalue weighted by molar-refractivity contribution is 6.39. The molecule has 1 fully saturated rings. The minimum Gasteiger partial charge on any atom is -0.497 e. The van der Waals surface area contributed by atoms with Crippen molar-refractivity contribution in [3.63, 3.8) is 0 Å². The van der Waals surface area contributed by atoms with Gasteiger partial charge in [-0.1, -0.05) is 48.5 Å². The number of allylic oxidation sites excluding steroid dienone is 1. The summed E-state index contributed by atoms with van der Waals surface area (Å²) in [6.45, 7) is 7.94. The maximum atomic E-state index is 13.4. The average molecular weight is 425 g/mol. The molecule has 5 rings (SSSR count). The summed E-state index contributed by atoms with van der Waals surface area (Å²) < 4.78 is 5.32. The number of fused-ring (bicyclic) bond motifs is 1. The van der Waals surface area contributed by atoms with E-state index in [1.54, 1.807) is 7.11 Å². The van der Waals surface area contributed by atoms with Crippen molar-refractivity contribution in [2.24, 2.45) is 0 Å². The van der Waals surface area contributed by atoms with Crippen molar-refractivity contribution in [1.82, 2.24) is 4.90 Å². The molecule has 0 amide bonds. The van der Waals surface area contributed by atoms with E-state index in [2.05, 4.69) is 47.9 Å². The van der Waals surface area contributed by atoms with Gasteiger partial charge in [-0.05, 0) is 48.7 Å². The fourth-order valence-electron chi connectivity index (χ4n) is 4.85. The molecule has 0 radical (unpaired) electrons. The number of nitrogens with zero attached hydrogens (tertiary/aromatic N) is 2. The molecular weight excluding hydrogens is 396 g/mol. The Bertz CT molecular complexity index is 1200. The van der Waals surface area contributed by atoms with Crippen LogP contribution in [0.1, 0.15) is 32.6 Å². The third-order valence-corrected chi connectivity index (χ3v) is 6.57. The van der Waals surface area contributed by atoms with Gasteiger partial charge in [-0.15, -0.1) is 0 Å². The molecule has 4 heteroatoms. The molecule has 3 aromatic carbocycles. The van der Waals surface area contributed by atoms with Gasteiger partial charge in [-0.3, -0.25) is 4.79 Å². The predicted molar refractivity (Wildman–Crippen MR) is 130 cm³/mol. The molecule has 3 aromatic rings. The largest absolute Gasteiger partial charge is 0.497 e. The lowest BCUT2D eigenvalue weighted by molar-refractivity contribution is 0.105. The highest BCUT2D eigenvalue weighted by Gasteiger charge is 2.34. The SMILES string of the molecule is COc1ccc(C2=C(N3CCN(c4cc(C)ccc4C)CC3)c3ccccc3C2=O)cc1. The molecular formula is C28H28N2O2. The first-order chi connectivity index (χ1) is 15.6. The van der Waals surface area contributed by atoms with Gasteiger partial charge in [0.2, 0.25) is 0 Å². The molecule has 32 heavy (non-hydrogen) atoms. The van der Waals surface area contributed by atoms with Crippen molar-refractivity contribution in [2.45, 2.75) is 13.8 Å². The number of benzene rings is 3. The number of Topliss-reactive ketones (excluding diaryl/α,β-unsaturated/α-hetero) is 1. The summed E-state index contributed by atoms with van der Waals surface area (Å²) in [7, 11) is 1.66. The number of aryl methyl sites for hydroxylation is 2. The molecule has 1 heterocycles. The number of ether oxygens (including phenoxy) is 1. The van der Waals surface area contributed by atoms with Gasteiger partial charge >= 0.3 is 0 Å². The van der Waals surface area contributed by atoms with E-state index in [9.17, 15) is 4.79 Å². The molecule has 1 saturated heterocycles. The summed E-state index contributed by atoms with van der Waals surface area (Å²) in [5.41, 5.74) is 8.56. The number of carbonyl (C=O) groups excluding carboxylic acids is 1. The summed E-state index contributed by atoms with van der Waals surface area (Å²) in [5, 5.41) is 0. The van der Waals surface area contributed by atoms with E-state index in [0.29, 0.717) is 0 Å². The third-order valence-electron chi connectivity index (χ3n) is 6.57. The van der Waals surface area contributed by atoms with Crippen LogP contribution < -0.4 is 9.64 Å². The first-order valence-electron chi connectivity index (χ1n) is 11.2. The Morgan fingerprint density at radius 3 is 2.12 bits per heavy atom. The van der Waals surface area contributed by atoms with Crippen LogP contribution >= 0.6 is 0 Å². The number of rotatable bonds is 4. The van der Waals surface area contributed by atoms with Crippen LogP contribution in [-0.4, -0.2) is 44.0 Å². The maximum absolute atomic E-state index is 13.4. The topological polar surface area (TPSA) is 32.8 Å². The lowest BCUT2D eigenvalue weighted by Crippen LogP contribution is -2.45. The molecule has 4 nitrogen and oxygen atoms in total. The molecule has 0 aromatic heterocycles. The van der Waals surface area contributed by atoms with Gasteiger partial charge in [0.15, 0.2) is 5.78 Å². The first kappa shape index (κ1) is 20.4. The van der Waals surface area contributed by atoms with Gasteiger partial charge in [-0.25, -0.2) is 0 Å². The summed E-state index contributed by atoms with van der Waals surface area (Å²) >= 11 is 0. The summed E-state index contributed by atoms with van der Waals surface area (Å²) in [5.74, 6) is 0.902. The maximum Gasteiger partial charge on any atom is 0.196 e. The highest BCUT2D eigenvalue weighted by Crippen LogP contribution is 2.41. The van der Waals surface area contributed by atoms with Crippen molar-refractivity contribution in [1.29, 1.82) is 0 Å². The molecule has 0 spiro atoms. The minimum absolute atomic E-state index is 0.109. The van der Waals surface area contributed by atoms with E-state index in [0.717, 1.165) is 59.9 Å². The Morgan fingerprint density at radius 2 is 1.44 bits per heavy atom. The number of carbonyl (C=O) groups is 1. The van der Waals surface area contributed by atoms with E-state index in [1.807, 2.05) is 42.5 Å². The van der Waals surface area contributed by atoms with Crippen molar-refractivity contribution in [3.05, 3.63) is 94.5 Å². The molecule has 0 bridgehead atoms. The van der Waals surface area contributed by atoms with Gasteiger partial charge in [0, 0.05) is 43.0 Å². The molecule has 1 aliphatic carbocycles. The quantitative estimate of drug-likeness (QED) is 0.576. The number of piperazine rings is 1. The van der Waals surface area contributed by atoms with Crippen LogP contribution in [0.4, 0.5) is 5.69 Å². The van der Waals surface area contributed by atoms with Gasteiger partial charge in [0.1, 0.15) is 5.75 Å². The zero-order valence-corrected chi connectivity index (χ0v) is 18.9. The molecule has 0 saturated carbocycles. The third kappa shape index (κ3) is 3.46. The fourth-order valence-corrected chi connectivity index (χ4v) is 4.85. The summed E-state index contributed by atoms with van der Waals surface area (Å²) in [4.78, 5) is 18.3. The second-order valence-corrected chi connectivity index (χ2v) is 8.59. The van der Waals surface area contributed by atoms with Crippen LogP contribution in [-0.2, 0) is 0 Å². The van der Waals surface area contributed by atoms with Crippen LogP contribution in [0, 0.1) is 13.8 Å². The van der Waals surface area contributed by atoms with Crippen LogP contribution in [0.15, 0.2) is 66.7 Å². The van der Waals surface area contributed by atoms with Crippen LogP contribution in [0.25, 0.3) is 11.3 Å². The summed E-state index contributed by atoms with van der Waals surface area (Å²) in [6.07, 6.45) is 0. The van der Waals surface area contributed by atoms with Crippen LogP contribution in [0.2, 0.25) is 0 Å². The standard InChI is InChI=1S/C28H28N2O2/c1-19-8-9-20(2)25(18-19)29-14-16-30(17-15-29)27-23-6-4-5-7-24(23)28(31)26(27)21-10-12-22(32-3)13-11-21/h4-13,18H,14-17H2,1-3H3. The normalized spacial score (nSPS) is 15.9. The van der Waals surface area contributed by atoms with E-state index in [4.69, 9.17) is 4.74 Å². The Labute approximate surface area is 189 Å². The van der Waals surface area contributed by atoms with Gasteiger partial charge < -0.3 is 14.5 Å². The minimum atomic E-state index is 0.109. The number of ketones is 1. The van der Waals surface area contributed by atoms with Gasteiger partial charge in [0.25, 0.3) is 0 Å². The number of anilines is 1. The van der Waals surface area contributed by atoms with Crippen molar-refractivity contribution in [2.75, 3.05) is 38.2 Å². The Morgan fingerprint density at radius 1 is 0.781 bits per heavy atom. The second kappa shape index (κ2) is 8.19. The predicted octanol–water partition coefficient (Wildman–Crippen LogP) is 5.20. The lowest BCUT2D eigenvalue weighted by atomic mass is 10.0. The molecule has 2 aliphatic rings. The zero-order valence-electron chi connectivity index (χ0n) is 18.9. The van der Waals surface area contributed by atoms with Gasteiger partial charge in [-0.2, -0.15) is 0 Å². The lowest BCUT2D eigenvalue weighted by Gasteiger charge is -2.39. The Hall–Kier alpha value is -3.53. The van der Waals surface area contributed by atoms with Crippen LogP contribution in [0.3, 0.4) is 0 Å². The molecule has 0 atom stereocenters. The highest BCUT2D eigenvalue weighted by atomic mass is 16.5. The van der Waals surface area contributed by atoms with Crippen molar-refractivity contribution in [3.8, 4) is 5.75 Å². The average Bonchev–Trinajstić information content (AvgIpc) is 3.13. The number of methoxy groups -OCH3 is 1. The van der Waals surface area contributed by atoms with Crippen LogP contribution in [0.5, 0.6) is 5.75 Å². The molecule has 162 valence electrons. The zero-order chi connectivity index (χ0) is 22.2. The number of hydrogen-bond acceptors (Lipinski definition) is 4. The molecule has 1 aliphatic heterocycles. The van der Waals surface area contributed by atoms with Crippen molar-refractivity contribution >= 4 is 22.7 Å². The van der Waals surface area contributed by atoms with E-state index in [1.165, 1.54) is 16.8 Å². The second-order valence-electron chi connectivity index (χ2n) is 8.59. The smallest absolute Gasteiger partial charge is 0.196 e. The van der Waals surface area contributed by atoms with Gasteiger partial charge in [0.05, 0.1) is 18.4 Å². The molecule has 0 N–H and O–H groups in total. The van der Waals surface area contributed by atoms with E-state index >= 15 is 0 Å². The fraction of sp³-hybridized carbons (Fsp3) is 0.250.